The number of carboxylic acid groups (broad SMARTS) is 1. The lowest BCUT2D eigenvalue weighted by atomic mass is 10.0. The minimum absolute atomic E-state index is 0.349. The Morgan fingerprint density at radius 2 is 1.67 bits per heavy atom. The number of rotatable bonds is 3. The average molecular weight is 399 g/mol. The molecule has 0 bridgehead atoms. The van der Waals surface area contributed by atoms with Gasteiger partial charge in [-0.15, -0.1) is 0 Å². The molecule has 1 aromatic rings. The lowest BCUT2D eigenvalue weighted by Gasteiger charge is -2.38. The second-order valence-electron chi connectivity index (χ2n) is 6.80. The molecule has 1 atom stereocenters. The highest BCUT2D eigenvalue weighted by molar-refractivity contribution is 9.10. The van der Waals surface area contributed by atoms with Crippen molar-refractivity contribution in [3.63, 3.8) is 0 Å². The maximum atomic E-state index is 12.1. The van der Waals surface area contributed by atoms with E-state index in [0.717, 1.165) is 10.0 Å². The van der Waals surface area contributed by atoms with E-state index < -0.39 is 17.6 Å². The molecule has 0 spiro atoms. The summed E-state index contributed by atoms with van der Waals surface area (Å²) in [7, 11) is 0. The number of halogens is 1. The fourth-order valence-corrected chi connectivity index (χ4v) is 2.91. The first-order chi connectivity index (χ1) is 11.2. The van der Waals surface area contributed by atoms with Gasteiger partial charge in [0.25, 0.3) is 0 Å². The number of piperazine rings is 1. The third-order valence-corrected chi connectivity index (χ3v) is 4.28. The molecular formula is C17H23BrN2O4. The van der Waals surface area contributed by atoms with Crippen LogP contribution < -0.4 is 0 Å². The molecule has 24 heavy (non-hydrogen) atoms. The summed E-state index contributed by atoms with van der Waals surface area (Å²) in [5.74, 6) is -0.886. The molecular weight excluding hydrogens is 376 g/mol. The predicted molar refractivity (Wildman–Crippen MR) is 93.9 cm³/mol. The van der Waals surface area contributed by atoms with E-state index in [1.54, 1.807) is 4.90 Å². The molecule has 1 fully saturated rings. The van der Waals surface area contributed by atoms with E-state index >= 15 is 0 Å². The van der Waals surface area contributed by atoms with Gasteiger partial charge in [0.2, 0.25) is 0 Å². The monoisotopic (exact) mass is 398 g/mol. The largest absolute Gasteiger partial charge is 0.480 e. The second kappa shape index (κ2) is 7.53. The van der Waals surface area contributed by atoms with Gasteiger partial charge in [-0.3, -0.25) is 9.69 Å². The van der Waals surface area contributed by atoms with Crippen LogP contribution >= 0.6 is 15.9 Å². The minimum atomic E-state index is -0.886. The van der Waals surface area contributed by atoms with Gasteiger partial charge < -0.3 is 14.7 Å². The third kappa shape index (κ3) is 4.95. The van der Waals surface area contributed by atoms with Crippen LogP contribution in [-0.4, -0.2) is 58.7 Å². The van der Waals surface area contributed by atoms with Crippen molar-refractivity contribution in [3.05, 3.63) is 34.3 Å². The average Bonchev–Trinajstić information content (AvgIpc) is 2.48. The van der Waals surface area contributed by atoms with Crippen LogP contribution in [0.5, 0.6) is 0 Å². The van der Waals surface area contributed by atoms with Crippen LogP contribution in [0.25, 0.3) is 0 Å². The number of carbonyl (C=O) groups is 2. The van der Waals surface area contributed by atoms with Crippen molar-refractivity contribution < 1.29 is 19.4 Å². The Hall–Kier alpha value is -1.60. The highest BCUT2D eigenvalue weighted by Crippen LogP contribution is 2.24. The molecule has 1 aliphatic heterocycles. The van der Waals surface area contributed by atoms with Crippen LogP contribution in [0.4, 0.5) is 4.79 Å². The second-order valence-corrected chi connectivity index (χ2v) is 7.71. The number of aliphatic carboxylic acids is 1. The Kier molecular flexibility index (Phi) is 5.87. The van der Waals surface area contributed by atoms with E-state index in [1.165, 1.54) is 0 Å². The Balaban J connectivity index is 2.02. The first-order valence-electron chi connectivity index (χ1n) is 7.87. The zero-order valence-electron chi connectivity index (χ0n) is 14.2. The summed E-state index contributed by atoms with van der Waals surface area (Å²) < 4.78 is 6.27. The van der Waals surface area contributed by atoms with E-state index in [1.807, 2.05) is 49.9 Å². The molecule has 2 rings (SSSR count). The van der Waals surface area contributed by atoms with E-state index in [4.69, 9.17) is 4.74 Å². The molecule has 7 heteroatoms. The number of hydrogen-bond donors (Lipinski definition) is 1. The number of ether oxygens (including phenoxy) is 1. The molecule has 1 saturated heterocycles. The highest BCUT2D eigenvalue weighted by Gasteiger charge is 2.32. The Bertz CT molecular complexity index is 590. The van der Waals surface area contributed by atoms with Gasteiger partial charge in [0.15, 0.2) is 0 Å². The Labute approximate surface area is 150 Å². The number of amides is 1. The smallest absolute Gasteiger partial charge is 0.410 e. The van der Waals surface area contributed by atoms with E-state index in [-0.39, 0.29) is 6.09 Å². The van der Waals surface area contributed by atoms with Gasteiger partial charge in [0.1, 0.15) is 11.6 Å². The molecule has 1 aromatic carbocycles. The first-order valence-corrected chi connectivity index (χ1v) is 8.67. The third-order valence-electron chi connectivity index (χ3n) is 3.75. The van der Waals surface area contributed by atoms with Crippen molar-refractivity contribution >= 4 is 28.0 Å². The first kappa shape index (κ1) is 18.7. The highest BCUT2D eigenvalue weighted by atomic mass is 79.9. The number of nitrogens with zero attached hydrogens (tertiary/aromatic N) is 2. The number of carboxylic acids is 1. The zero-order valence-corrected chi connectivity index (χ0v) is 15.7. The van der Waals surface area contributed by atoms with Gasteiger partial charge in [0, 0.05) is 30.7 Å². The van der Waals surface area contributed by atoms with Gasteiger partial charge in [0.05, 0.1) is 0 Å². The maximum Gasteiger partial charge on any atom is 0.410 e. The fourth-order valence-electron chi connectivity index (χ4n) is 2.64. The summed E-state index contributed by atoms with van der Waals surface area (Å²) in [5.41, 5.74) is 0.200. The van der Waals surface area contributed by atoms with Crippen LogP contribution in [0.3, 0.4) is 0 Å². The molecule has 0 saturated carbocycles. The molecule has 1 unspecified atom stereocenters. The van der Waals surface area contributed by atoms with Gasteiger partial charge in [-0.2, -0.15) is 0 Å². The number of hydrogen-bond acceptors (Lipinski definition) is 4. The summed E-state index contributed by atoms with van der Waals surface area (Å²) in [6, 6.07) is 6.58. The van der Waals surface area contributed by atoms with E-state index in [9.17, 15) is 14.7 Å². The molecule has 1 amide bonds. The lowest BCUT2D eigenvalue weighted by Crippen LogP contribution is -2.51. The number of carbonyl (C=O) groups excluding carboxylic acids is 1. The lowest BCUT2D eigenvalue weighted by molar-refractivity contribution is -0.144. The molecule has 6 nitrogen and oxygen atoms in total. The van der Waals surface area contributed by atoms with Crippen molar-refractivity contribution in [2.24, 2.45) is 0 Å². The quantitative estimate of drug-likeness (QED) is 0.846. The summed E-state index contributed by atoms with van der Waals surface area (Å²) in [4.78, 5) is 27.3. The van der Waals surface area contributed by atoms with Crippen molar-refractivity contribution in [2.45, 2.75) is 32.4 Å². The van der Waals surface area contributed by atoms with Gasteiger partial charge in [-0.1, -0.05) is 28.1 Å². The van der Waals surface area contributed by atoms with Crippen LogP contribution in [0.1, 0.15) is 32.4 Å². The molecule has 1 N–H and O–H groups in total. The molecule has 0 aromatic heterocycles. The van der Waals surface area contributed by atoms with Crippen molar-refractivity contribution in [3.8, 4) is 0 Å². The van der Waals surface area contributed by atoms with Crippen molar-refractivity contribution in [1.29, 1.82) is 0 Å². The standard InChI is InChI=1S/C17H23BrN2O4/c1-17(2,3)24-16(23)20-10-8-19(9-11-20)14(15(21)22)12-4-6-13(18)7-5-12/h4-7,14H,8-11H2,1-3H3,(H,21,22). The molecule has 1 heterocycles. The molecule has 0 aliphatic carbocycles. The van der Waals surface area contributed by atoms with E-state index in [2.05, 4.69) is 15.9 Å². The van der Waals surface area contributed by atoms with Crippen molar-refractivity contribution in [1.82, 2.24) is 9.80 Å². The van der Waals surface area contributed by atoms with Crippen LogP contribution in [0.2, 0.25) is 0 Å². The minimum Gasteiger partial charge on any atom is -0.480 e. The van der Waals surface area contributed by atoms with Crippen LogP contribution in [0, 0.1) is 0 Å². The normalized spacial score (nSPS) is 17.4. The van der Waals surface area contributed by atoms with Crippen LogP contribution in [0.15, 0.2) is 28.7 Å². The SMILES string of the molecule is CC(C)(C)OC(=O)N1CCN(C(C(=O)O)c2ccc(Br)cc2)CC1. The van der Waals surface area contributed by atoms with Gasteiger partial charge >= 0.3 is 12.1 Å². The molecule has 0 radical (unpaired) electrons. The van der Waals surface area contributed by atoms with Gasteiger partial charge in [-0.05, 0) is 38.5 Å². The zero-order chi connectivity index (χ0) is 17.9. The Morgan fingerprint density at radius 1 is 1.12 bits per heavy atom. The predicted octanol–water partition coefficient (Wildman–Crippen LogP) is 3.13. The Morgan fingerprint density at radius 3 is 2.12 bits per heavy atom. The summed E-state index contributed by atoms with van der Waals surface area (Å²) in [5, 5.41) is 9.62. The van der Waals surface area contributed by atoms with Crippen molar-refractivity contribution in [2.75, 3.05) is 26.2 Å². The maximum absolute atomic E-state index is 12.1. The fraction of sp³-hybridized carbons (Fsp3) is 0.529. The topological polar surface area (TPSA) is 70.1 Å². The van der Waals surface area contributed by atoms with E-state index in [0.29, 0.717) is 26.2 Å². The molecule has 1 aliphatic rings. The summed E-state index contributed by atoms with van der Waals surface area (Å²) >= 11 is 3.36. The van der Waals surface area contributed by atoms with Gasteiger partial charge in [-0.25, -0.2) is 4.79 Å². The summed E-state index contributed by atoms with van der Waals surface area (Å²) in [6.07, 6.45) is -0.349. The summed E-state index contributed by atoms with van der Waals surface area (Å²) in [6.45, 7) is 7.38. The number of benzene rings is 1. The van der Waals surface area contributed by atoms with Crippen LogP contribution in [-0.2, 0) is 9.53 Å². The molecule has 132 valence electrons.